The minimum Gasteiger partial charge on any atom is -0.314 e. The van der Waals surface area contributed by atoms with Crippen molar-refractivity contribution in [2.75, 3.05) is 12.8 Å². The molecule has 82 valence electrons. The van der Waals surface area contributed by atoms with Gasteiger partial charge in [0.2, 0.25) is 0 Å². The first-order valence-electron chi connectivity index (χ1n) is 5.35. The van der Waals surface area contributed by atoms with Crippen LogP contribution in [0.3, 0.4) is 0 Å². The summed E-state index contributed by atoms with van der Waals surface area (Å²) in [6.07, 6.45) is 5.92. The highest BCUT2D eigenvalue weighted by Crippen LogP contribution is 2.27. The van der Waals surface area contributed by atoms with E-state index in [1.807, 2.05) is 0 Å². The van der Waals surface area contributed by atoms with Crippen molar-refractivity contribution in [2.24, 2.45) is 0 Å². The van der Waals surface area contributed by atoms with Crippen molar-refractivity contribution in [1.82, 2.24) is 5.32 Å². The Morgan fingerprint density at radius 3 is 3.00 bits per heavy atom. The molecule has 1 nitrogen and oxygen atoms in total. The zero-order valence-electron chi connectivity index (χ0n) is 8.92. The fraction of sp³-hybridized carbons (Fsp3) is 0.500. The van der Waals surface area contributed by atoms with E-state index in [1.54, 1.807) is 11.8 Å². The van der Waals surface area contributed by atoms with Gasteiger partial charge in [-0.3, -0.25) is 0 Å². The zero-order valence-corrected chi connectivity index (χ0v) is 11.3. The molecule has 0 bridgehead atoms. The maximum absolute atomic E-state index is 3.62. The monoisotopic (exact) mass is 285 g/mol. The molecule has 1 aromatic carbocycles. The molecule has 3 heteroatoms. The lowest BCUT2D eigenvalue weighted by molar-refractivity contribution is 0.603. The normalized spacial score (nSPS) is 20.8. The summed E-state index contributed by atoms with van der Waals surface area (Å²) in [5, 5.41) is 3.53. The Balaban J connectivity index is 2.05. The highest BCUT2D eigenvalue weighted by Gasteiger charge is 2.14. The number of thioether (sulfide) groups is 1. The number of hydrogen-bond acceptors (Lipinski definition) is 2. The molecule has 15 heavy (non-hydrogen) atoms. The second kappa shape index (κ2) is 5.37. The van der Waals surface area contributed by atoms with Crippen molar-refractivity contribution >= 4 is 27.7 Å². The van der Waals surface area contributed by atoms with Crippen molar-refractivity contribution in [3.05, 3.63) is 28.2 Å². The summed E-state index contributed by atoms with van der Waals surface area (Å²) in [5.41, 5.74) is 1.43. The van der Waals surface area contributed by atoms with Crippen LogP contribution >= 0.6 is 27.7 Å². The van der Waals surface area contributed by atoms with Crippen LogP contribution in [0.5, 0.6) is 0 Å². The van der Waals surface area contributed by atoms with E-state index in [1.165, 1.54) is 34.3 Å². The lowest BCUT2D eigenvalue weighted by Crippen LogP contribution is -2.23. The van der Waals surface area contributed by atoms with Crippen molar-refractivity contribution < 1.29 is 0 Å². The Morgan fingerprint density at radius 2 is 2.40 bits per heavy atom. The minimum atomic E-state index is 0.692. The van der Waals surface area contributed by atoms with Crippen LogP contribution in [0.25, 0.3) is 0 Å². The lowest BCUT2D eigenvalue weighted by atomic mass is 10.1. The summed E-state index contributed by atoms with van der Waals surface area (Å²) in [7, 11) is 0. The second-order valence-electron chi connectivity index (χ2n) is 3.97. The average Bonchev–Trinajstić information content (AvgIpc) is 2.71. The number of benzene rings is 1. The number of hydrogen-bond donors (Lipinski definition) is 1. The number of nitrogens with one attached hydrogen (secondary N) is 1. The van der Waals surface area contributed by atoms with Crippen LogP contribution in [-0.2, 0) is 6.42 Å². The Labute approximate surface area is 104 Å². The van der Waals surface area contributed by atoms with Crippen LogP contribution in [0.15, 0.2) is 27.6 Å². The van der Waals surface area contributed by atoms with E-state index in [4.69, 9.17) is 0 Å². The van der Waals surface area contributed by atoms with Crippen LogP contribution in [0, 0.1) is 0 Å². The van der Waals surface area contributed by atoms with Crippen molar-refractivity contribution in [2.45, 2.75) is 30.2 Å². The molecular formula is C12H16BrNS. The quantitative estimate of drug-likeness (QED) is 0.854. The van der Waals surface area contributed by atoms with Gasteiger partial charge in [0.25, 0.3) is 0 Å². The topological polar surface area (TPSA) is 12.0 Å². The fourth-order valence-corrected chi connectivity index (χ4v) is 3.42. The molecule has 1 aliphatic rings. The third kappa shape index (κ3) is 2.99. The summed E-state index contributed by atoms with van der Waals surface area (Å²) in [5.74, 6) is 0. The van der Waals surface area contributed by atoms with E-state index < -0.39 is 0 Å². The zero-order chi connectivity index (χ0) is 10.7. The largest absolute Gasteiger partial charge is 0.314 e. The van der Waals surface area contributed by atoms with Crippen LogP contribution in [-0.4, -0.2) is 18.8 Å². The Hall–Kier alpha value is 0.01000. The van der Waals surface area contributed by atoms with Crippen LogP contribution in [0.2, 0.25) is 0 Å². The van der Waals surface area contributed by atoms with Crippen molar-refractivity contribution in [1.29, 1.82) is 0 Å². The maximum atomic E-state index is 3.62. The number of halogens is 1. The van der Waals surface area contributed by atoms with Crippen LogP contribution in [0.4, 0.5) is 0 Å². The van der Waals surface area contributed by atoms with Gasteiger partial charge < -0.3 is 5.32 Å². The van der Waals surface area contributed by atoms with E-state index >= 15 is 0 Å². The molecule has 0 aliphatic carbocycles. The molecule has 1 aliphatic heterocycles. The summed E-state index contributed by atoms with van der Waals surface area (Å²) >= 11 is 5.40. The standard InChI is InChI=1S/C12H16BrNS/c1-15-12-5-4-9(8-11(12)13)7-10-3-2-6-14-10/h4-5,8,10,14H,2-3,6-7H2,1H3. The summed E-state index contributed by atoms with van der Waals surface area (Å²) in [6, 6.07) is 7.40. The summed E-state index contributed by atoms with van der Waals surface area (Å²) in [4.78, 5) is 1.32. The molecule has 1 saturated heterocycles. The molecule has 1 fully saturated rings. The van der Waals surface area contributed by atoms with Gasteiger partial charge in [-0.2, -0.15) is 0 Å². The molecule has 1 aromatic rings. The van der Waals surface area contributed by atoms with E-state index in [2.05, 4.69) is 45.7 Å². The molecule has 2 rings (SSSR count). The third-order valence-electron chi connectivity index (χ3n) is 2.86. The molecular weight excluding hydrogens is 270 g/mol. The van der Waals surface area contributed by atoms with Crippen LogP contribution < -0.4 is 5.32 Å². The minimum absolute atomic E-state index is 0.692. The van der Waals surface area contributed by atoms with Gasteiger partial charge in [-0.15, -0.1) is 11.8 Å². The van der Waals surface area contributed by atoms with Gasteiger partial charge in [-0.25, -0.2) is 0 Å². The van der Waals surface area contributed by atoms with E-state index in [-0.39, 0.29) is 0 Å². The van der Waals surface area contributed by atoms with E-state index in [9.17, 15) is 0 Å². The van der Waals surface area contributed by atoms with Crippen molar-refractivity contribution in [3.63, 3.8) is 0 Å². The van der Waals surface area contributed by atoms with Gasteiger partial charge in [-0.05, 0) is 65.7 Å². The smallest absolute Gasteiger partial charge is 0.0313 e. The van der Waals surface area contributed by atoms with Gasteiger partial charge >= 0.3 is 0 Å². The predicted octanol–water partition coefficient (Wildman–Crippen LogP) is 3.47. The molecule has 0 saturated carbocycles. The second-order valence-corrected chi connectivity index (χ2v) is 5.67. The molecule has 0 radical (unpaired) electrons. The molecule has 0 amide bonds. The fourth-order valence-electron chi connectivity index (χ4n) is 2.05. The first-order valence-corrected chi connectivity index (χ1v) is 7.37. The van der Waals surface area contributed by atoms with E-state index in [0.29, 0.717) is 6.04 Å². The van der Waals surface area contributed by atoms with Crippen molar-refractivity contribution in [3.8, 4) is 0 Å². The Kier molecular flexibility index (Phi) is 4.12. The van der Waals surface area contributed by atoms with Gasteiger partial charge in [0.15, 0.2) is 0 Å². The first kappa shape index (κ1) is 11.5. The SMILES string of the molecule is CSc1ccc(CC2CCCN2)cc1Br. The molecule has 1 atom stereocenters. The van der Waals surface area contributed by atoms with Gasteiger partial charge in [0, 0.05) is 15.4 Å². The third-order valence-corrected chi connectivity index (χ3v) is 4.58. The number of rotatable bonds is 3. The van der Waals surface area contributed by atoms with Gasteiger partial charge in [0.1, 0.15) is 0 Å². The summed E-state index contributed by atoms with van der Waals surface area (Å²) < 4.78 is 1.23. The Bertz CT molecular complexity index is 334. The average molecular weight is 286 g/mol. The molecule has 1 heterocycles. The molecule has 0 spiro atoms. The molecule has 1 unspecified atom stereocenters. The highest BCUT2D eigenvalue weighted by molar-refractivity contribution is 9.10. The Morgan fingerprint density at radius 1 is 1.53 bits per heavy atom. The lowest BCUT2D eigenvalue weighted by Gasteiger charge is -2.11. The van der Waals surface area contributed by atoms with Crippen LogP contribution in [0.1, 0.15) is 18.4 Å². The molecule has 1 N–H and O–H groups in total. The van der Waals surface area contributed by atoms with Gasteiger partial charge in [-0.1, -0.05) is 6.07 Å². The maximum Gasteiger partial charge on any atom is 0.0313 e. The first-order chi connectivity index (χ1) is 7.29. The van der Waals surface area contributed by atoms with Gasteiger partial charge in [0.05, 0.1) is 0 Å². The highest BCUT2D eigenvalue weighted by atomic mass is 79.9. The predicted molar refractivity (Wildman–Crippen MR) is 70.7 cm³/mol. The molecule has 0 aromatic heterocycles. The van der Waals surface area contributed by atoms with E-state index in [0.717, 1.165) is 6.42 Å². The summed E-state index contributed by atoms with van der Waals surface area (Å²) in [6.45, 7) is 1.19.